The van der Waals surface area contributed by atoms with Gasteiger partial charge < -0.3 is 15.2 Å². The smallest absolute Gasteiger partial charge is 0.325 e. The van der Waals surface area contributed by atoms with E-state index in [2.05, 4.69) is 21.9 Å². The van der Waals surface area contributed by atoms with Gasteiger partial charge in [0, 0.05) is 11.1 Å². The number of carbonyl (C=O) groups excluding carboxylic acids is 2. The minimum Gasteiger partial charge on any atom is -0.468 e. The van der Waals surface area contributed by atoms with E-state index < -0.39 is 11.9 Å². The topological polar surface area (TPSA) is 75.6 Å². The number of carbonyl (C=O) groups is 2. The molecule has 0 aliphatic carbocycles. The first-order valence-electron chi connectivity index (χ1n) is 5.32. The van der Waals surface area contributed by atoms with Crippen LogP contribution in [0, 0.1) is 11.8 Å². The molecule has 100 valence electrons. The van der Waals surface area contributed by atoms with E-state index in [1.807, 2.05) is 0 Å². The summed E-state index contributed by atoms with van der Waals surface area (Å²) in [6.07, 6.45) is 0. The van der Waals surface area contributed by atoms with Crippen molar-refractivity contribution in [3.63, 3.8) is 0 Å². The van der Waals surface area contributed by atoms with Crippen molar-refractivity contribution in [1.29, 1.82) is 0 Å². The van der Waals surface area contributed by atoms with E-state index in [1.54, 1.807) is 6.07 Å². The van der Waals surface area contributed by atoms with Crippen LogP contribution in [0.15, 0.2) is 18.2 Å². The lowest BCUT2D eigenvalue weighted by molar-refractivity contribution is -0.139. The van der Waals surface area contributed by atoms with E-state index in [0.717, 1.165) is 0 Å². The molecule has 0 aliphatic heterocycles. The number of aliphatic hydroxyl groups is 1. The number of halogens is 1. The van der Waals surface area contributed by atoms with Crippen LogP contribution >= 0.6 is 11.6 Å². The lowest BCUT2D eigenvalue weighted by atomic mass is 10.1. The van der Waals surface area contributed by atoms with Crippen molar-refractivity contribution in [2.45, 2.75) is 0 Å². The number of ether oxygens (including phenoxy) is 1. The van der Waals surface area contributed by atoms with Gasteiger partial charge >= 0.3 is 5.97 Å². The average Bonchev–Trinajstić information content (AvgIpc) is 2.42. The predicted octanol–water partition coefficient (Wildman–Crippen LogP) is 0.587. The summed E-state index contributed by atoms with van der Waals surface area (Å²) >= 11 is 5.94. The number of methoxy groups -OCH3 is 1. The number of hydrogen-bond acceptors (Lipinski definition) is 4. The Kier molecular flexibility index (Phi) is 5.86. The zero-order chi connectivity index (χ0) is 14.3. The third kappa shape index (κ3) is 4.62. The number of nitrogens with one attached hydrogen (secondary N) is 1. The van der Waals surface area contributed by atoms with Crippen molar-refractivity contribution in [2.75, 3.05) is 20.3 Å². The maximum absolute atomic E-state index is 11.7. The molecule has 0 unspecified atom stereocenters. The second-order valence-electron chi connectivity index (χ2n) is 3.41. The van der Waals surface area contributed by atoms with Crippen LogP contribution in [-0.2, 0) is 9.53 Å². The molecule has 0 spiro atoms. The first-order chi connectivity index (χ1) is 9.08. The van der Waals surface area contributed by atoms with Gasteiger partial charge in [0.2, 0.25) is 0 Å². The molecule has 19 heavy (non-hydrogen) atoms. The highest BCUT2D eigenvalue weighted by molar-refractivity contribution is 6.32. The molecule has 0 aliphatic rings. The van der Waals surface area contributed by atoms with Gasteiger partial charge in [0.15, 0.2) is 0 Å². The summed E-state index contributed by atoms with van der Waals surface area (Å²) in [7, 11) is 1.24. The molecule has 0 atom stereocenters. The molecule has 1 rings (SSSR count). The molecule has 2 N–H and O–H groups in total. The van der Waals surface area contributed by atoms with E-state index in [4.69, 9.17) is 16.7 Å². The highest BCUT2D eigenvalue weighted by Gasteiger charge is 2.09. The monoisotopic (exact) mass is 281 g/mol. The van der Waals surface area contributed by atoms with Crippen molar-refractivity contribution in [2.24, 2.45) is 0 Å². The third-order valence-corrected chi connectivity index (χ3v) is 2.47. The van der Waals surface area contributed by atoms with E-state index in [0.29, 0.717) is 16.1 Å². The largest absolute Gasteiger partial charge is 0.468 e. The summed E-state index contributed by atoms with van der Waals surface area (Å²) in [5.74, 6) is 4.14. The van der Waals surface area contributed by atoms with Crippen LogP contribution < -0.4 is 5.32 Å². The van der Waals surface area contributed by atoms with Crippen LogP contribution in [0.5, 0.6) is 0 Å². The molecule has 1 amide bonds. The number of rotatable bonds is 3. The zero-order valence-electron chi connectivity index (χ0n) is 10.2. The van der Waals surface area contributed by atoms with Crippen molar-refractivity contribution >= 4 is 23.5 Å². The van der Waals surface area contributed by atoms with Crippen molar-refractivity contribution in [3.8, 4) is 11.8 Å². The Hall–Kier alpha value is -2.03. The summed E-state index contributed by atoms with van der Waals surface area (Å²) < 4.78 is 4.40. The van der Waals surface area contributed by atoms with E-state index in [-0.39, 0.29) is 13.2 Å². The third-order valence-electron chi connectivity index (χ3n) is 2.15. The molecule has 0 aromatic heterocycles. The SMILES string of the molecule is COC(=O)CNC(=O)c1ccc(C#CCO)c(Cl)c1. The van der Waals surface area contributed by atoms with Gasteiger partial charge in [-0.3, -0.25) is 9.59 Å². The van der Waals surface area contributed by atoms with Gasteiger partial charge in [0.05, 0.1) is 12.1 Å². The Labute approximate surface area is 115 Å². The average molecular weight is 282 g/mol. The number of aliphatic hydroxyl groups excluding tert-OH is 1. The van der Waals surface area contributed by atoms with Crippen LogP contribution in [0.1, 0.15) is 15.9 Å². The molecule has 0 saturated carbocycles. The van der Waals surface area contributed by atoms with Gasteiger partial charge in [-0.05, 0) is 18.2 Å². The minimum absolute atomic E-state index is 0.209. The van der Waals surface area contributed by atoms with Crippen LogP contribution in [0.3, 0.4) is 0 Å². The van der Waals surface area contributed by atoms with E-state index in [1.165, 1.54) is 19.2 Å². The predicted molar refractivity (Wildman–Crippen MR) is 69.8 cm³/mol. The number of amides is 1. The summed E-state index contributed by atoms with van der Waals surface area (Å²) in [5, 5.41) is 11.3. The Morgan fingerprint density at radius 1 is 1.47 bits per heavy atom. The standard InChI is InChI=1S/C13H12ClNO4/c1-19-12(17)8-15-13(18)10-5-4-9(3-2-6-16)11(14)7-10/h4-5,7,16H,6,8H2,1H3,(H,15,18). The maximum Gasteiger partial charge on any atom is 0.325 e. The van der Waals surface area contributed by atoms with Gasteiger partial charge in [-0.1, -0.05) is 23.4 Å². The normalized spacial score (nSPS) is 9.21. The lowest BCUT2D eigenvalue weighted by Crippen LogP contribution is -2.30. The summed E-state index contributed by atoms with van der Waals surface area (Å²) in [4.78, 5) is 22.6. The molecule has 0 saturated heterocycles. The van der Waals surface area contributed by atoms with Crippen molar-refractivity contribution < 1.29 is 19.4 Å². The molecule has 0 fully saturated rings. The number of hydrogen-bond donors (Lipinski definition) is 2. The van der Waals surface area contributed by atoms with Gasteiger partial charge in [0.25, 0.3) is 5.91 Å². The second-order valence-corrected chi connectivity index (χ2v) is 3.82. The molecule has 5 nitrogen and oxygen atoms in total. The fraction of sp³-hybridized carbons (Fsp3) is 0.231. The summed E-state index contributed by atoms with van der Waals surface area (Å²) in [6, 6.07) is 4.54. The second kappa shape index (κ2) is 7.41. The molecule has 6 heteroatoms. The van der Waals surface area contributed by atoms with Crippen LogP contribution in [0.2, 0.25) is 5.02 Å². The maximum atomic E-state index is 11.7. The first-order valence-corrected chi connectivity index (χ1v) is 5.70. The van der Waals surface area contributed by atoms with Crippen molar-refractivity contribution in [3.05, 3.63) is 34.3 Å². The molecular formula is C13H12ClNO4. The molecule has 1 aromatic carbocycles. The lowest BCUT2D eigenvalue weighted by Gasteiger charge is -2.05. The molecule has 1 aromatic rings. The molecule has 0 bridgehead atoms. The highest BCUT2D eigenvalue weighted by Crippen LogP contribution is 2.16. The Balaban J connectivity index is 2.77. The minimum atomic E-state index is -0.537. The first kappa shape index (κ1) is 15.0. The van der Waals surface area contributed by atoms with Crippen LogP contribution in [0.25, 0.3) is 0 Å². The Morgan fingerprint density at radius 3 is 2.79 bits per heavy atom. The highest BCUT2D eigenvalue weighted by atomic mass is 35.5. The number of benzene rings is 1. The van der Waals surface area contributed by atoms with E-state index >= 15 is 0 Å². The molecular weight excluding hydrogens is 270 g/mol. The Bertz CT molecular complexity index is 545. The van der Waals surface area contributed by atoms with Gasteiger partial charge in [-0.15, -0.1) is 0 Å². The van der Waals surface area contributed by atoms with Crippen LogP contribution in [0.4, 0.5) is 0 Å². The Morgan fingerprint density at radius 2 is 2.21 bits per heavy atom. The summed E-state index contributed by atoms with van der Waals surface area (Å²) in [5.41, 5.74) is 0.823. The van der Waals surface area contributed by atoms with Gasteiger partial charge in [0.1, 0.15) is 13.2 Å². The number of esters is 1. The molecule has 0 radical (unpaired) electrons. The zero-order valence-corrected chi connectivity index (χ0v) is 11.0. The molecule has 0 heterocycles. The quantitative estimate of drug-likeness (QED) is 0.628. The summed E-state index contributed by atoms with van der Waals surface area (Å²) in [6.45, 7) is -0.475. The fourth-order valence-electron chi connectivity index (χ4n) is 1.22. The van der Waals surface area contributed by atoms with Gasteiger partial charge in [-0.25, -0.2) is 0 Å². The van der Waals surface area contributed by atoms with Gasteiger partial charge in [-0.2, -0.15) is 0 Å². The fourth-order valence-corrected chi connectivity index (χ4v) is 1.45. The van der Waals surface area contributed by atoms with E-state index in [9.17, 15) is 9.59 Å². The van der Waals surface area contributed by atoms with Crippen molar-refractivity contribution in [1.82, 2.24) is 5.32 Å². The van der Waals surface area contributed by atoms with Crippen LogP contribution in [-0.4, -0.2) is 37.2 Å².